The van der Waals surface area contributed by atoms with Crippen molar-refractivity contribution in [2.24, 2.45) is 5.41 Å². The Morgan fingerprint density at radius 2 is 1.72 bits per heavy atom. The Hall–Kier alpha value is -3.06. The van der Waals surface area contributed by atoms with E-state index in [9.17, 15) is 4.79 Å². The number of hydrogen-bond donors (Lipinski definition) is 1. The number of nitrogens with one attached hydrogen (secondary N) is 1. The van der Waals surface area contributed by atoms with Crippen LogP contribution in [0.25, 0.3) is 0 Å². The molecule has 3 aromatic rings. The van der Waals surface area contributed by atoms with Crippen molar-refractivity contribution in [3.05, 3.63) is 77.1 Å². The lowest BCUT2D eigenvalue weighted by molar-refractivity contribution is 0.0680. The minimum atomic E-state index is -0.293. The van der Waals surface area contributed by atoms with Crippen LogP contribution in [0.15, 0.2) is 54.6 Å². The van der Waals surface area contributed by atoms with Gasteiger partial charge in [0.2, 0.25) is 0 Å². The Labute approximate surface area is 189 Å². The van der Waals surface area contributed by atoms with Gasteiger partial charge in [-0.25, -0.2) is 9.69 Å². The Balaban J connectivity index is 1.74. The molecule has 1 aliphatic heterocycles. The first-order valence-electron chi connectivity index (χ1n) is 11.1. The molecule has 1 unspecified atom stereocenters. The van der Waals surface area contributed by atoms with E-state index < -0.39 is 0 Å². The fourth-order valence-electron chi connectivity index (χ4n) is 4.92. The molecule has 1 aliphatic rings. The second kappa shape index (κ2) is 8.47. The first-order valence-corrected chi connectivity index (χ1v) is 11.1. The van der Waals surface area contributed by atoms with Crippen molar-refractivity contribution in [1.82, 2.24) is 30.6 Å². The van der Waals surface area contributed by atoms with Gasteiger partial charge in [0.05, 0.1) is 5.54 Å². The molecule has 1 N–H and O–H groups in total. The molecule has 0 saturated heterocycles. The van der Waals surface area contributed by atoms with Gasteiger partial charge < -0.3 is 0 Å². The van der Waals surface area contributed by atoms with Crippen molar-refractivity contribution in [3.8, 4) is 0 Å². The summed E-state index contributed by atoms with van der Waals surface area (Å²) in [6.07, 6.45) is 1.75. The molecule has 0 bridgehead atoms. The maximum Gasteiger partial charge on any atom is 0.265 e. The van der Waals surface area contributed by atoms with Crippen molar-refractivity contribution in [1.29, 1.82) is 0 Å². The molecule has 2 aromatic carbocycles. The van der Waals surface area contributed by atoms with Crippen LogP contribution >= 0.6 is 0 Å². The standard InChI is InChI=1S/C25H32N6O/c1-24(2,3)17-25(4,5)31-22(26-28-29-31)21-20-14-10-9-11-18(20)15-16-30(21)27-23(32)19-12-7-6-8-13-19/h6-14,21H,15-17H2,1-5H3,(H,27,32). The molecule has 1 aromatic heterocycles. The molecule has 1 atom stereocenters. The highest BCUT2D eigenvalue weighted by molar-refractivity contribution is 5.93. The smallest absolute Gasteiger partial charge is 0.265 e. The number of tetrazole rings is 1. The summed E-state index contributed by atoms with van der Waals surface area (Å²) in [6.45, 7) is 11.7. The molecule has 0 saturated carbocycles. The molecule has 0 aliphatic carbocycles. The Morgan fingerprint density at radius 3 is 2.44 bits per heavy atom. The molecule has 2 heterocycles. The molecular formula is C25H32N6O. The number of aromatic nitrogens is 4. The van der Waals surface area contributed by atoms with Gasteiger partial charge in [0.15, 0.2) is 5.82 Å². The fraction of sp³-hybridized carbons (Fsp3) is 0.440. The third-order valence-electron chi connectivity index (χ3n) is 5.84. The number of fused-ring (bicyclic) bond motifs is 1. The van der Waals surface area contributed by atoms with Gasteiger partial charge in [-0.2, -0.15) is 0 Å². The highest BCUT2D eigenvalue weighted by Gasteiger charge is 2.38. The molecule has 0 fully saturated rings. The van der Waals surface area contributed by atoms with Gasteiger partial charge in [0, 0.05) is 12.1 Å². The van der Waals surface area contributed by atoms with Crippen LogP contribution in [-0.2, 0) is 12.0 Å². The number of benzene rings is 2. The molecule has 0 spiro atoms. The molecule has 1 amide bonds. The van der Waals surface area contributed by atoms with E-state index in [1.807, 2.05) is 46.1 Å². The Kier molecular flexibility index (Phi) is 5.86. The highest BCUT2D eigenvalue weighted by Crippen LogP contribution is 2.37. The van der Waals surface area contributed by atoms with E-state index in [1.54, 1.807) is 0 Å². The summed E-state index contributed by atoms with van der Waals surface area (Å²) in [5.41, 5.74) is 5.94. The van der Waals surface area contributed by atoms with Gasteiger partial charge in [-0.1, -0.05) is 63.2 Å². The van der Waals surface area contributed by atoms with Gasteiger partial charge in [-0.05, 0) is 65.8 Å². The lowest BCUT2D eigenvalue weighted by Crippen LogP contribution is -2.49. The maximum atomic E-state index is 13.0. The lowest BCUT2D eigenvalue weighted by Gasteiger charge is -2.39. The van der Waals surface area contributed by atoms with Crippen LogP contribution in [-0.4, -0.2) is 37.7 Å². The zero-order valence-corrected chi connectivity index (χ0v) is 19.5. The highest BCUT2D eigenvalue weighted by atomic mass is 16.2. The average Bonchev–Trinajstić information content (AvgIpc) is 3.23. The molecule has 7 nitrogen and oxygen atoms in total. The van der Waals surface area contributed by atoms with E-state index >= 15 is 0 Å². The minimum absolute atomic E-state index is 0.110. The second-order valence-corrected chi connectivity index (χ2v) is 10.4. The molecule has 7 heteroatoms. The summed E-state index contributed by atoms with van der Waals surface area (Å²) in [5.74, 6) is 0.600. The topological polar surface area (TPSA) is 75.9 Å². The number of carbonyl (C=O) groups excluding carboxylic acids is 1. The first kappa shape index (κ1) is 22.1. The molecular weight excluding hydrogens is 400 g/mol. The minimum Gasteiger partial charge on any atom is -0.284 e. The summed E-state index contributed by atoms with van der Waals surface area (Å²) >= 11 is 0. The van der Waals surface area contributed by atoms with Crippen molar-refractivity contribution in [3.63, 3.8) is 0 Å². The number of amides is 1. The third-order valence-corrected chi connectivity index (χ3v) is 5.84. The van der Waals surface area contributed by atoms with Crippen molar-refractivity contribution < 1.29 is 4.79 Å². The predicted octanol–water partition coefficient (Wildman–Crippen LogP) is 4.14. The normalized spacial score (nSPS) is 17.1. The molecule has 168 valence electrons. The first-order chi connectivity index (χ1) is 15.2. The van der Waals surface area contributed by atoms with Crippen LogP contribution in [0, 0.1) is 5.41 Å². The van der Waals surface area contributed by atoms with E-state index in [1.165, 1.54) is 5.56 Å². The number of hydrazine groups is 1. The maximum absolute atomic E-state index is 13.0. The molecule has 32 heavy (non-hydrogen) atoms. The summed E-state index contributed by atoms with van der Waals surface area (Å²) in [6, 6.07) is 17.3. The summed E-state index contributed by atoms with van der Waals surface area (Å²) in [5, 5.41) is 14.9. The summed E-state index contributed by atoms with van der Waals surface area (Å²) in [7, 11) is 0. The second-order valence-electron chi connectivity index (χ2n) is 10.4. The van der Waals surface area contributed by atoms with Crippen LogP contribution in [0.4, 0.5) is 0 Å². The molecule has 0 radical (unpaired) electrons. The van der Waals surface area contributed by atoms with Gasteiger partial charge in [0.25, 0.3) is 5.91 Å². The van der Waals surface area contributed by atoms with Crippen molar-refractivity contribution >= 4 is 5.91 Å². The van der Waals surface area contributed by atoms with Gasteiger partial charge in [-0.15, -0.1) is 5.10 Å². The van der Waals surface area contributed by atoms with Gasteiger partial charge >= 0.3 is 0 Å². The van der Waals surface area contributed by atoms with Crippen LogP contribution in [0.5, 0.6) is 0 Å². The number of rotatable bonds is 5. The van der Waals surface area contributed by atoms with Crippen LogP contribution in [0.1, 0.15) is 74.4 Å². The van der Waals surface area contributed by atoms with E-state index in [0.717, 1.165) is 24.2 Å². The fourth-order valence-corrected chi connectivity index (χ4v) is 4.92. The number of nitrogens with zero attached hydrogens (tertiary/aromatic N) is 5. The average molecular weight is 433 g/mol. The van der Waals surface area contributed by atoms with Crippen LogP contribution < -0.4 is 5.43 Å². The van der Waals surface area contributed by atoms with Crippen molar-refractivity contribution in [2.45, 2.75) is 59.0 Å². The van der Waals surface area contributed by atoms with Crippen LogP contribution in [0.2, 0.25) is 0 Å². The van der Waals surface area contributed by atoms with Gasteiger partial charge in [0.1, 0.15) is 6.04 Å². The van der Waals surface area contributed by atoms with Crippen molar-refractivity contribution in [2.75, 3.05) is 6.54 Å². The van der Waals surface area contributed by atoms with E-state index in [4.69, 9.17) is 0 Å². The monoisotopic (exact) mass is 432 g/mol. The zero-order valence-electron chi connectivity index (χ0n) is 19.5. The number of hydrogen-bond acceptors (Lipinski definition) is 5. The van der Waals surface area contributed by atoms with E-state index in [2.05, 4.69) is 73.8 Å². The Morgan fingerprint density at radius 1 is 1.03 bits per heavy atom. The quantitative estimate of drug-likeness (QED) is 0.656. The summed E-state index contributed by atoms with van der Waals surface area (Å²) < 4.78 is 1.94. The van der Waals surface area contributed by atoms with E-state index in [0.29, 0.717) is 12.1 Å². The largest absolute Gasteiger partial charge is 0.284 e. The zero-order chi connectivity index (χ0) is 22.9. The summed E-state index contributed by atoms with van der Waals surface area (Å²) in [4.78, 5) is 13.0. The third kappa shape index (κ3) is 4.58. The lowest BCUT2D eigenvalue weighted by atomic mass is 9.81. The van der Waals surface area contributed by atoms with Gasteiger partial charge in [-0.3, -0.25) is 10.2 Å². The number of carbonyl (C=O) groups is 1. The SMILES string of the molecule is CC(C)(C)CC(C)(C)n1nnnc1C1c2ccccc2CCN1NC(=O)c1ccccc1. The molecule has 4 rings (SSSR count). The van der Waals surface area contributed by atoms with Crippen LogP contribution in [0.3, 0.4) is 0 Å². The van der Waals surface area contributed by atoms with E-state index in [-0.39, 0.29) is 22.9 Å². The predicted molar refractivity (Wildman–Crippen MR) is 124 cm³/mol. The Bertz CT molecular complexity index is 1080.